The third kappa shape index (κ3) is 8.42. The van der Waals surface area contributed by atoms with E-state index in [0.29, 0.717) is 19.1 Å². The third-order valence-corrected chi connectivity index (χ3v) is 5.88. The predicted molar refractivity (Wildman–Crippen MR) is 130 cm³/mol. The third-order valence-electron chi connectivity index (χ3n) is 5.88. The fourth-order valence-electron chi connectivity index (χ4n) is 4.25. The first-order valence-corrected chi connectivity index (χ1v) is 11.1. The molecule has 6 heteroatoms. The molecule has 0 radical (unpaired) electrons. The monoisotopic (exact) mass is 515 g/mol. The number of aliphatic hydroxyl groups is 1. The van der Waals surface area contributed by atoms with Gasteiger partial charge in [-0.1, -0.05) is 43.2 Å². The maximum absolute atomic E-state index is 10.4. The van der Waals surface area contributed by atoms with Crippen LogP contribution in [0.1, 0.15) is 51.0 Å². The highest BCUT2D eigenvalue weighted by atomic mass is 127. The van der Waals surface area contributed by atoms with E-state index in [1.807, 2.05) is 18.2 Å². The average molecular weight is 515 g/mol. The summed E-state index contributed by atoms with van der Waals surface area (Å²) in [5, 5.41) is 13.7. The van der Waals surface area contributed by atoms with E-state index in [2.05, 4.69) is 29.3 Å². The van der Waals surface area contributed by atoms with E-state index in [-0.39, 0.29) is 24.0 Å². The number of hydrogen-bond acceptors (Lipinski definition) is 3. The molecular formula is C23H38IN3O2. The second-order valence-corrected chi connectivity index (χ2v) is 8.21. The van der Waals surface area contributed by atoms with Crippen LogP contribution in [0.5, 0.6) is 0 Å². The second-order valence-electron chi connectivity index (χ2n) is 8.21. The second kappa shape index (κ2) is 13.4. The van der Waals surface area contributed by atoms with Gasteiger partial charge in [-0.3, -0.25) is 4.99 Å². The number of nitrogens with zero attached hydrogens (tertiary/aromatic N) is 2. The van der Waals surface area contributed by atoms with Crippen LogP contribution in [-0.4, -0.2) is 61.0 Å². The lowest BCUT2D eigenvalue weighted by Crippen LogP contribution is -2.47. The highest BCUT2D eigenvalue weighted by Gasteiger charge is 2.24. The van der Waals surface area contributed by atoms with Gasteiger partial charge in [-0.25, -0.2) is 0 Å². The molecule has 164 valence electrons. The van der Waals surface area contributed by atoms with Gasteiger partial charge < -0.3 is 20.1 Å². The van der Waals surface area contributed by atoms with Gasteiger partial charge in [0.25, 0.3) is 0 Å². The molecule has 0 aromatic heterocycles. The van der Waals surface area contributed by atoms with Crippen molar-refractivity contribution in [3.8, 4) is 0 Å². The fraction of sp³-hybridized carbons (Fsp3) is 0.696. The largest absolute Gasteiger partial charge is 0.391 e. The Kier molecular flexibility index (Phi) is 11.3. The van der Waals surface area contributed by atoms with Gasteiger partial charge in [0.15, 0.2) is 5.96 Å². The van der Waals surface area contributed by atoms with Crippen molar-refractivity contribution < 1.29 is 9.84 Å². The molecule has 0 spiro atoms. The zero-order chi connectivity index (χ0) is 19.6. The number of likely N-dealkylation sites (tertiary alicyclic amines) is 1. The zero-order valence-electron chi connectivity index (χ0n) is 17.8. The number of ether oxygens (including phenoxy) is 1. The number of benzene rings is 1. The van der Waals surface area contributed by atoms with E-state index < -0.39 is 6.10 Å². The van der Waals surface area contributed by atoms with Crippen LogP contribution >= 0.6 is 24.0 Å². The van der Waals surface area contributed by atoms with Crippen molar-refractivity contribution in [2.75, 3.05) is 32.8 Å². The van der Waals surface area contributed by atoms with Crippen LogP contribution < -0.4 is 5.32 Å². The van der Waals surface area contributed by atoms with E-state index >= 15 is 0 Å². The summed E-state index contributed by atoms with van der Waals surface area (Å²) < 4.78 is 6.19. The summed E-state index contributed by atoms with van der Waals surface area (Å²) in [6, 6.07) is 10.1. The SMILES string of the molecule is CCNC(=NCC(O)Cc1ccccc1)N1CCC(OCC2CCCC2)CC1.I. The lowest BCUT2D eigenvalue weighted by Gasteiger charge is -2.34. The van der Waals surface area contributed by atoms with Gasteiger partial charge in [-0.2, -0.15) is 0 Å². The summed E-state index contributed by atoms with van der Waals surface area (Å²) in [7, 11) is 0. The van der Waals surface area contributed by atoms with E-state index in [1.165, 1.54) is 25.7 Å². The summed E-state index contributed by atoms with van der Waals surface area (Å²) in [5.74, 6) is 1.71. The highest BCUT2D eigenvalue weighted by Crippen LogP contribution is 2.26. The zero-order valence-corrected chi connectivity index (χ0v) is 20.1. The first-order chi connectivity index (χ1) is 13.7. The molecule has 1 saturated carbocycles. The Hall–Kier alpha value is -0.860. The molecule has 2 fully saturated rings. The van der Waals surface area contributed by atoms with Gasteiger partial charge in [0, 0.05) is 32.7 Å². The molecule has 1 aliphatic carbocycles. The summed E-state index contributed by atoms with van der Waals surface area (Å²) in [5.41, 5.74) is 1.15. The van der Waals surface area contributed by atoms with Crippen LogP contribution in [-0.2, 0) is 11.2 Å². The summed E-state index contributed by atoms with van der Waals surface area (Å²) in [4.78, 5) is 7.02. The van der Waals surface area contributed by atoms with Gasteiger partial charge >= 0.3 is 0 Å². The number of halogens is 1. The molecule has 0 bridgehead atoms. The summed E-state index contributed by atoms with van der Waals surface area (Å²) in [6.45, 7) is 6.24. The first-order valence-electron chi connectivity index (χ1n) is 11.1. The predicted octanol–water partition coefficient (Wildman–Crippen LogP) is 3.84. The Morgan fingerprint density at radius 1 is 1.17 bits per heavy atom. The quantitative estimate of drug-likeness (QED) is 0.314. The lowest BCUT2D eigenvalue weighted by atomic mass is 10.1. The molecule has 3 rings (SSSR count). The standard InChI is InChI=1S/C23H37N3O2.HI/c1-2-24-23(25-17-21(27)16-19-8-4-3-5-9-19)26-14-12-22(13-15-26)28-18-20-10-6-7-11-20;/h3-5,8-9,20-22,27H,2,6-7,10-18H2,1H3,(H,24,25);1H. The molecule has 1 unspecified atom stereocenters. The van der Waals surface area contributed by atoms with Gasteiger partial charge in [-0.15, -0.1) is 24.0 Å². The number of guanidine groups is 1. The fourth-order valence-corrected chi connectivity index (χ4v) is 4.25. The highest BCUT2D eigenvalue weighted by molar-refractivity contribution is 14.0. The number of aliphatic imine (C=N–C) groups is 1. The number of aliphatic hydroxyl groups excluding tert-OH is 1. The number of piperidine rings is 1. The Morgan fingerprint density at radius 3 is 2.52 bits per heavy atom. The maximum atomic E-state index is 10.4. The Balaban J connectivity index is 0.00000300. The number of rotatable bonds is 8. The topological polar surface area (TPSA) is 57.1 Å². The van der Waals surface area contributed by atoms with Crippen LogP contribution in [0.25, 0.3) is 0 Å². The molecule has 29 heavy (non-hydrogen) atoms. The molecule has 1 atom stereocenters. The van der Waals surface area contributed by atoms with Gasteiger partial charge in [0.05, 0.1) is 18.8 Å². The maximum Gasteiger partial charge on any atom is 0.194 e. The molecule has 5 nitrogen and oxygen atoms in total. The average Bonchev–Trinajstić information content (AvgIpc) is 3.24. The molecule has 1 saturated heterocycles. The van der Waals surface area contributed by atoms with Crippen LogP contribution in [0.3, 0.4) is 0 Å². The van der Waals surface area contributed by atoms with Crippen molar-refractivity contribution >= 4 is 29.9 Å². The summed E-state index contributed by atoms with van der Waals surface area (Å²) in [6.07, 6.45) is 8.15. The minimum atomic E-state index is -0.455. The molecule has 0 amide bonds. The van der Waals surface area contributed by atoms with Crippen molar-refractivity contribution in [3.05, 3.63) is 35.9 Å². The van der Waals surface area contributed by atoms with Crippen LogP contribution in [0, 0.1) is 5.92 Å². The van der Waals surface area contributed by atoms with Crippen LogP contribution in [0.4, 0.5) is 0 Å². The normalized spacial score (nSPS) is 19.8. The van der Waals surface area contributed by atoms with Crippen molar-refractivity contribution in [3.63, 3.8) is 0 Å². The molecule has 2 aliphatic rings. The Morgan fingerprint density at radius 2 is 1.86 bits per heavy atom. The molecular weight excluding hydrogens is 477 g/mol. The van der Waals surface area contributed by atoms with Crippen molar-refractivity contribution in [1.29, 1.82) is 0 Å². The van der Waals surface area contributed by atoms with E-state index in [0.717, 1.165) is 56.5 Å². The minimum absolute atomic E-state index is 0. The first kappa shape index (κ1) is 24.4. The smallest absolute Gasteiger partial charge is 0.194 e. The van der Waals surface area contributed by atoms with Crippen molar-refractivity contribution in [2.24, 2.45) is 10.9 Å². The van der Waals surface area contributed by atoms with E-state index in [9.17, 15) is 5.11 Å². The molecule has 2 N–H and O–H groups in total. The van der Waals surface area contributed by atoms with Gasteiger partial charge in [0.1, 0.15) is 0 Å². The van der Waals surface area contributed by atoms with E-state index in [4.69, 9.17) is 9.73 Å². The van der Waals surface area contributed by atoms with Crippen molar-refractivity contribution in [2.45, 2.75) is 64.1 Å². The number of hydrogen-bond donors (Lipinski definition) is 2. The van der Waals surface area contributed by atoms with Crippen molar-refractivity contribution in [1.82, 2.24) is 10.2 Å². The van der Waals surface area contributed by atoms with Gasteiger partial charge in [0.2, 0.25) is 0 Å². The molecule has 1 heterocycles. The Labute approximate surface area is 193 Å². The van der Waals surface area contributed by atoms with Crippen LogP contribution in [0.2, 0.25) is 0 Å². The molecule has 1 aromatic carbocycles. The minimum Gasteiger partial charge on any atom is -0.391 e. The molecule has 1 aromatic rings. The van der Waals surface area contributed by atoms with E-state index in [1.54, 1.807) is 0 Å². The molecule has 1 aliphatic heterocycles. The lowest BCUT2D eigenvalue weighted by molar-refractivity contribution is 0.000979. The summed E-state index contributed by atoms with van der Waals surface area (Å²) >= 11 is 0. The van der Waals surface area contributed by atoms with Crippen LogP contribution in [0.15, 0.2) is 35.3 Å². The van der Waals surface area contributed by atoms with Gasteiger partial charge in [-0.05, 0) is 44.1 Å². The number of nitrogens with one attached hydrogen (secondary N) is 1. The Bertz CT molecular complexity index is 585.